The minimum absolute atomic E-state index is 0.113. The fourth-order valence-corrected chi connectivity index (χ4v) is 2.05. The number of aliphatic hydroxyl groups is 1. The molecular formula is C15H20N2O3. The zero-order valence-electron chi connectivity index (χ0n) is 12.0. The predicted molar refractivity (Wildman–Crippen MR) is 77.0 cm³/mol. The van der Waals surface area contributed by atoms with E-state index in [1.165, 1.54) is 6.26 Å². The second-order valence-electron chi connectivity index (χ2n) is 4.76. The van der Waals surface area contributed by atoms with Crippen LogP contribution in [0.4, 0.5) is 6.01 Å². The Morgan fingerprint density at radius 1 is 1.40 bits per heavy atom. The van der Waals surface area contributed by atoms with E-state index >= 15 is 0 Å². The monoisotopic (exact) mass is 276 g/mol. The highest BCUT2D eigenvalue weighted by Gasteiger charge is 2.17. The molecule has 2 aromatic rings. The second-order valence-corrected chi connectivity index (χ2v) is 4.76. The van der Waals surface area contributed by atoms with Crippen LogP contribution in [0.1, 0.15) is 18.2 Å². The van der Waals surface area contributed by atoms with Crippen molar-refractivity contribution in [1.82, 2.24) is 4.98 Å². The number of rotatable bonds is 6. The van der Waals surface area contributed by atoms with Crippen LogP contribution < -0.4 is 9.64 Å². The fraction of sp³-hybridized carbons (Fsp3) is 0.400. The standard InChI is InChI=1S/C15H20N2O3/c1-11(8-12-6-4-5-7-14(12)19-3)17(2)15-16-13(9-18)10-20-15/h4-7,10-11,18H,8-9H2,1-3H3. The molecule has 1 unspecified atom stereocenters. The normalized spacial score (nSPS) is 12.2. The molecule has 20 heavy (non-hydrogen) atoms. The molecule has 0 amide bonds. The van der Waals surface area contributed by atoms with Gasteiger partial charge in [-0.05, 0) is 25.0 Å². The van der Waals surface area contributed by atoms with Crippen molar-refractivity contribution in [3.63, 3.8) is 0 Å². The van der Waals surface area contributed by atoms with E-state index in [-0.39, 0.29) is 12.6 Å². The molecule has 1 aromatic carbocycles. The quantitative estimate of drug-likeness (QED) is 0.877. The van der Waals surface area contributed by atoms with Crippen molar-refractivity contribution in [2.75, 3.05) is 19.1 Å². The molecule has 0 saturated carbocycles. The van der Waals surface area contributed by atoms with Crippen molar-refractivity contribution in [1.29, 1.82) is 0 Å². The first-order valence-electron chi connectivity index (χ1n) is 6.55. The van der Waals surface area contributed by atoms with Crippen LogP contribution in [-0.4, -0.2) is 30.3 Å². The van der Waals surface area contributed by atoms with Crippen LogP contribution in [0.5, 0.6) is 5.75 Å². The lowest BCUT2D eigenvalue weighted by Gasteiger charge is -2.23. The van der Waals surface area contributed by atoms with E-state index in [0.29, 0.717) is 11.7 Å². The smallest absolute Gasteiger partial charge is 0.297 e. The molecular weight excluding hydrogens is 256 g/mol. The van der Waals surface area contributed by atoms with Gasteiger partial charge in [0.05, 0.1) is 13.7 Å². The number of hydrogen-bond acceptors (Lipinski definition) is 5. The van der Waals surface area contributed by atoms with Crippen LogP contribution in [0.15, 0.2) is 34.9 Å². The Morgan fingerprint density at radius 3 is 2.80 bits per heavy atom. The number of aromatic nitrogens is 1. The maximum absolute atomic E-state index is 9.02. The van der Waals surface area contributed by atoms with Crippen LogP contribution in [0.3, 0.4) is 0 Å². The van der Waals surface area contributed by atoms with E-state index in [1.807, 2.05) is 30.1 Å². The molecule has 0 radical (unpaired) electrons. The van der Waals surface area contributed by atoms with Crippen LogP contribution in [0.2, 0.25) is 0 Å². The summed E-state index contributed by atoms with van der Waals surface area (Å²) in [5, 5.41) is 9.02. The molecule has 0 fully saturated rings. The van der Waals surface area contributed by atoms with Crippen molar-refractivity contribution in [3.05, 3.63) is 41.8 Å². The second kappa shape index (κ2) is 6.43. The molecule has 0 bridgehead atoms. The molecule has 1 atom stereocenters. The fourth-order valence-electron chi connectivity index (χ4n) is 2.05. The maximum atomic E-state index is 9.02. The van der Waals surface area contributed by atoms with Gasteiger partial charge in [-0.1, -0.05) is 18.2 Å². The first-order chi connectivity index (χ1) is 9.65. The summed E-state index contributed by atoms with van der Waals surface area (Å²) in [6.07, 6.45) is 2.29. The highest BCUT2D eigenvalue weighted by Crippen LogP contribution is 2.22. The zero-order chi connectivity index (χ0) is 14.5. The van der Waals surface area contributed by atoms with Gasteiger partial charge < -0.3 is 19.2 Å². The van der Waals surface area contributed by atoms with Gasteiger partial charge in [-0.2, -0.15) is 4.98 Å². The molecule has 0 aliphatic carbocycles. The lowest BCUT2D eigenvalue weighted by molar-refractivity contribution is 0.276. The molecule has 5 heteroatoms. The van der Waals surface area contributed by atoms with Crippen molar-refractivity contribution in [2.24, 2.45) is 0 Å². The lowest BCUT2D eigenvalue weighted by atomic mass is 10.1. The Morgan fingerprint density at radius 2 is 2.15 bits per heavy atom. The van der Waals surface area contributed by atoms with Crippen molar-refractivity contribution in [2.45, 2.75) is 26.0 Å². The molecule has 1 aromatic heterocycles. The van der Waals surface area contributed by atoms with Gasteiger partial charge in [0, 0.05) is 13.1 Å². The Bertz CT molecular complexity index is 554. The Balaban J connectivity index is 2.09. The molecule has 0 aliphatic heterocycles. The van der Waals surface area contributed by atoms with Gasteiger partial charge in [0.15, 0.2) is 0 Å². The number of anilines is 1. The van der Waals surface area contributed by atoms with Crippen LogP contribution in [0.25, 0.3) is 0 Å². The number of nitrogens with zero attached hydrogens (tertiary/aromatic N) is 2. The summed E-state index contributed by atoms with van der Waals surface area (Å²) in [6.45, 7) is 1.98. The zero-order valence-corrected chi connectivity index (χ0v) is 12.0. The van der Waals surface area contributed by atoms with Gasteiger partial charge in [-0.25, -0.2) is 0 Å². The predicted octanol–water partition coefficient (Wildman–Crippen LogP) is 2.24. The maximum Gasteiger partial charge on any atom is 0.297 e. The summed E-state index contributed by atoms with van der Waals surface area (Å²) < 4.78 is 10.7. The lowest BCUT2D eigenvalue weighted by Crippen LogP contribution is -2.31. The number of oxazole rings is 1. The molecule has 1 N–H and O–H groups in total. The Kier molecular flexibility index (Phi) is 4.63. The van der Waals surface area contributed by atoms with Crippen LogP contribution >= 0.6 is 0 Å². The van der Waals surface area contributed by atoms with Crippen molar-refractivity contribution >= 4 is 6.01 Å². The van der Waals surface area contributed by atoms with Crippen LogP contribution in [-0.2, 0) is 13.0 Å². The van der Waals surface area contributed by atoms with Gasteiger partial charge in [0.2, 0.25) is 0 Å². The summed E-state index contributed by atoms with van der Waals surface area (Å²) >= 11 is 0. The van der Waals surface area contributed by atoms with E-state index in [1.54, 1.807) is 7.11 Å². The van der Waals surface area contributed by atoms with Gasteiger partial charge in [-0.15, -0.1) is 0 Å². The van der Waals surface area contributed by atoms with E-state index in [0.717, 1.165) is 17.7 Å². The highest BCUT2D eigenvalue weighted by atomic mass is 16.5. The highest BCUT2D eigenvalue weighted by molar-refractivity contribution is 5.36. The van der Waals surface area contributed by atoms with Gasteiger partial charge in [0.1, 0.15) is 17.7 Å². The number of methoxy groups -OCH3 is 1. The van der Waals surface area contributed by atoms with Gasteiger partial charge >= 0.3 is 0 Å². The van der Waals surface area contributed by atoms with E-state index in [4.69, 9.17) is 14.3 Å². The van der Waals surface area contributed by atoms with E-state index in [9.17, 15) is 0 Å². The minimum atomic E-state index is -0.113. The molecule has 108 valence electrons. The van der Waals surface area contributed by atoms with Gasteiger partial charge in [0.25, 0.3) is 6.01 Å². The minimum Gasteiger partial charge on any atom is -0.496 e. The number of ether oxygens (including phenoxy) is 1. The average molecular weight is 276 g/mol. The average Bonchev–Trinajstić information content (AvgIpc) is 2.95. The summed E-state index contributed by atoms with van der Waals surface area (Å²) in [5.74, 6) is 0.885. The van der Waals surface area contributed by atoms with E-state index < -0.39 is 0 Å². The van der Waals surface area contributed by atoms with Gasteiger partial charge in [-0.3, -0.25) is 0 Å². The molecule has 1 heterocycles. The largest absolute Gasteiger partial charge is 0.496 e. The molecule has 0 aliphatic rings. The molecule has 2 rings (SSSR count). The first-order valence-corrected chi connectivity index (χ1v) is 6.55. The third-order valence-corrected chi connectivity index (χ3v) is 3.37. The van der Waals surface area contributed by atoms with Crippen molar-refractivity contribution in [3.8, 4) is 5.75 Å². The number of aliphatic hydroxyl groups excluding tert-OH is 1. The number of hydrogen-bond donors (Lipinski definition) is 1. The molecule has 0 saturated heterocycles. The van der Waals surface area contributed by atoms with Crippen molar-refractivity contribution < 1.29 is 14.3 Å². The SMILES string of the molecule is COc1ccccc1CC(C)N(C)c1nc(CO)co1. The van der Waals surface area contributed by atoms with Crippen LogP contribution in [0, 0.1) is 0 Å². The molecule has 5 nitrogen and oxygen atoms in total. The Labute approximate surface area is 118 Å². The number of benzene rings is 1. The number of para-hydroxylation sites is 1. The first kappa shape index (κ1) is 14.4. The third kappa shape index (κ3) is 3.11. The summed E-state index contributed by atoms with van der Waals surface area (Å²) in [4.78, 5) is 6.16. The van der Waals surface area contributed by atoms with E-state index in [2.05, 4.69) is 18.0 Å². The Hall–Kier alpha value is -2.01. The summed E-state index contributed by atoms with van der Waals surface area (Å²) in [7, 11) is 3.60. The summed E-state index contributed by atoms with van der Waals surface area (Å²) in [6, 6.07) is 8.67. The topological polar surface area (TPSA) is 58.7 Å². The summed E-state index contributed by atoms with van der Waals surface area (Å²) in [5.41, 5.74) is 1.68. The number of likely N-dealkylation sites (N-methyl/N-ethyl adjacent to an activating group) is 1. The third-order valence-electron chi connectivity index (χ3n) is 3.37. The molecule has 0 spiro atoms.